The van der Waals surface area contributed by atoms with Gasteiger partial charge in [0.25, 0.3) is 0 Å². The third kappa shape index (κ3) is 5.18. The van der Waals surface area contributed by atoms with Crippen LogP contribution in [0.5, 0.6) is 0 Å². The number of hydrogen-bond acceptors (Lipinski definition) is 3. The molecule has 0 bridgehead atoms. The van der Waals surface area contributed by atoms with Crippen LogP contribution in [-0.2, 0) is 10.0 Å². The molecule has 0 saturated carbocycles. The zero-order chi connectivity index (χ0) is 12.3. The molecule has 0 heterocycles. The number of hydrogen-bond donors (Lipinski definition) is 1. The first-order chi connectivity index (χ1) is 6.59. The molecule has 0 amide bonds. The summed E-state index contributed by atoms with van der Waals surface area (Å²) in [5.41, 5.74) is 0.983. The first kappa shape index (κ1) is 14.5. The maximum absolute atomic E-state index is 11.2. The first-order valence-electron chi connectivity index (χ1n) is 5.04. The summed E-state index contributed by atoms with van der Waals surface area (Å²) < 4.78 is 23.1. The van der Waals surface area contributed by atoms with Crippen molar-refractivity contribution < 1.29 is 8.42 Å². The fourth-order valence-corrected chi connectivity index (χ4v) is 1.47. The Hall–Kier alpha value is -0.550. The summed E-state index contributed by atoms with van der Waals surface area (Å²) in [5, 5.41) is 0. The number of nitrogens with two attached hydrogens (primary N) is 1. The van der Waals surface area contributed by atoms with Gasteiger partial charge in [-0.15, -0.1) is 0 Å². The topological polar surface area (TPSA) is 63.4 Å². The van der Waals surface area contributed by atoms with Crippen LogP contribution in [0.1, 0.15) is 40.5 Å². The molecule has 0 fully saturated rings. The molecule has 0 radical (unpaired) electrons. The zero-order valence-corrected chi connectivity index (χ0v) is 11.1. The van der Waals surface area contributed by atoms with Gasteiger partial charge in [-0.1, -0.05) is 34.1 Å². The average Bonchev–Trinajstić information content (AvgIpc) is 1.99. The molecule has 0 rings (SSSR count). The van der Waals surface area contributed by atoms with Gasteiger partial charge in [-0.25, -0.2) is 18.7 Å². The normalized spacial score (nSPS) is 14.1. The molecule has 0 aromatic rings. The van der Waals surface area contributed by atoms with Gasteiger partial charge in [-0.3, -0.25) is 0 Å². The minimum Gasteiger partial charge on any atom is -0.234 e. The Morgan fingerprint density at radius 2 is 1.87 bits per heavy atom. The second-order valence-electron chi connectivity index (χ2n) is 4.75. The van der Waals surface area contributed by atoms with Crippen molar-refractivity contribution in [2.24, 2.45) is 11.3 Å². The van der Waals surface area contributed by atoms with E-state index in [4.69, 9.17) is 5.84 Å². The Morgan fingerprint density at radius 1 is 1.40 bits per heavy atom. The lowest BCUT2D eigenvalue weighted by atomic mass is 9.84. The van der Waals surface area contributed by atoms with Crippen molar-refractivity contribution in [3.05, 3.63) is 11.8 Å². The number of nitrogens with zero attached hydrogens (tertiary/aromatic N) is 1. The van der Waals surface area contributed by atoms with Gasteiger partial charge in [0.15, 0.2) is 0 Å². The van der Waals surface area contributed by atoms with E-state index < -0.39 is 10.0 Å². The van der Waals surface area contributed by atoms with Crippen LogP contribution >= 0.6 is 0 Å². The Labute approximate surface area is 93.2 Å². The summed E-state index contributed by atoms with van der Waals surface area (Å²) in [7, 11) is -3.34. The molecule has 0 spiro atoms. The molecule has 0 aromatic carbocycles. The number of sulfonamides is 1. The van der Waals surface area contributed by atoms with E-state index in [0.717, 1.165) is 29.1 Å². The van der Waals surface area contributed by atoms with Crippen LogP contribution < -0.4 is 5.84 Å². The van der Waals surface area contributed by atoms with E-state index in [2.05, 4.69) is 6.92 Å². The van der Waals surface area contributed by atoms with Crippen LogP contribution in [0.3, 0.4) is 0 Å². The van der Waals surface area contributed by atoms with E-state index in [1.54, 1.807) is 0 Å². The van der Waals surface area contributed by atoms with Crippen LogP contribution in [-0.4, -0.2) is 19.1 Å². The first-order valence-corrected chi connectivity index (χ1v) is 6.89. The van der Waals surface area contributed by atoms with Crippen LogP contribution in [0.4, 0.5) is 0 Å². The molecule has 5 heteroatoms. The highest BCUT2D eigenvalue weighted by Gasteiger charge is 2.18. The summed E-state index contributed by atoms with van der Waals surface area (Å²) in [6.07, 6.45) is 4.45. The third-order valence-corrected chi connectivity index (χ3v) is 3.02. The van der Waals surface area contributed by atoms with Gasteiger partial charge in [0.05, 0.1) is 6.26 Å². The van der Waals surface area contributed by atoms with Crippen LogP contribution in [0.2, 0.25) is 0 Å². The number of allylic oxidation sites excluding steroid dienone is 1. The summed E-state index contributed by atoms with van der Waals surface area (Å²) in [5.74, 6) is 5.45. The van der Waals surface area contributed by atoms with Gasteiger partial charge in [-0.05, 0) is 17.4 Å². The van der Waals surface area contributed by atoms with Gasteiger partial charge in [0, 0.05) is 6.20 Å². The van der Waals surface area contributed by atoms with E-state index in [0.29, 0.717) is 0 Å². The van der Waals surface area contributed by atoms with Gasteiger partial charge in [-0.2, -0.15) is 0 Å². The molecule has 2 N–H and O–H groups in total. The summed E-state index contributed by atoms with van der Waals surface area (Å²) >= 11 is 0. The summed E-state index contributed by atoms with van der Waals surface area (Å²) in [4.78, 5) is 0. The largest absolute Gasteiger partial charge is 0.244 e. The fraction of sp³-hybridized carbons (Fsp3) is 0.800. The molecule has 0 aliphatic carbocycles. The SMILES string of the molecule is CCC/C(=C\N(N)S(C)(=O)=O)C(C)(C)C. The molecule has 0 atom stereocenters. The third-order valence-electron chi connectivity index (χ3n) is 2.15. The van der Waals surface area contributed by atoms with Crippen molar-refractivity contribution in [2.75, 3.05) is 6.26 Å². The lowest BCUT2D eigenvalue weighted by Crippen LogP contribution is -2.32. The van der Waals surface area contributed by atoms with Gasteiger partial charge in [0.2, 0.25) is 10.0 Å². The van der Waals surface area contributed by atoms with Crippen LogP contribution in [0, 0.1) is 5.41 Å². The quantitative estimate of drug-likeness (QED) is 0.596. The summed E-state index contributed by atoms with van der Waals surface area (Å²) in [6.45, 7) is 8.20. The van der Waals surface area contributed by atoms with Crippen LogP contribution in [0.25, 0.3) is 0 Å². The van der Waals surface area contributed by atoms with Gasteiger partial charge < -0.3 is 0 Å². The van der Waals surface area contributed by atoms with E-state index in [1.807, 2.05) is 20.8 Å². The molecular weight excluding hydrogens is 212 g/mol. The van der Waals surface area contributed by atoms with Crippen molar-refractivity contribution in [1.82, 2.24) is 4.41 Å². The minimum absolute atomic E-state index is 0.0572. The molecule has 0 unspecified atom stereocenters. The average molecular weight is 234 g/mol. The number of rotatable bonds is 4. The highest BCUT2D eigenvalue weighted by molar-refractivity contribution is 7.88. The van der Waals surface area contributed by atoms with Crippen LogP contribution in [0.15, 0.2) is 11.8 Å². The van der Waals surface area contributed by atoms with Gasteiger partial charge >= 0.3 is 0 Å². The molecular formula is C10H22N2O2S. The lowest BCUT2D eigenvalue weighted by Gasteiger charge is -2.24. The summed E-state index contributed by atoms with van der Waals surface area (Å²) in [6, 6.07) is 0. The Kier molecular flexibility index (Phi) is 4.80. The second-order valence-corrected chi connectivity index (χ2v) is 6.63. The lowest BCUT2D eigenvalue weighted by molar-refractivity contribution is 0.455. The molecule has 0 saturated heterocycles. The smallest absolute Gasteiger partial charge is 0.234 e. The molecule has 15 heavy (non-hydrogen) atoms. The van der Waals surface area contributed by atoms with E-state index in [-0.39, 0.29) is 5.41 Å². The molecule has 90 valence electrons. The van der Waals surface area contributed by atoms with Crippen molar-refractivity contribution in [3.8, 4) is 0 Å². The van der Waals surface area contributed by atoms with E-state index >= 15 is 0 Å². The molecule has 0 aliphatic rings. The van der Waals surface area contributed by atoms with Crippen molar-refractivity contribution in [2.45, 2.75) is 40.5 Å². The predicted octanol–water partition coefficient (Wildman–Crippen LogP) is 1.85. The Balaban J connectivity index is 5.02. The predicted molar refractivity (Wildman–Crippen MR) is 63.3 cm³/mol. The second kappa shape index (κ2) is 4.99. The van der Waals surface area contributed by atoms with E-state index in [9.17, 15) is 8.42 Å². The van der Waals surface area contributed by atoms with Crippen molar-refractivity contribution in [1.29, 1.82) is 0 Å². The maximum Gasteiger partial charge on any atom is 0.244 e. The highest BCUT2D eigenvalue weighted by atomic mass is 32.2. The Morgan fingerprint density at radius 3 is 2.13 bits per heavy atom. The fourth-order valence-electron chi connectivity index (χ4n) is 1.15. The van der Waals surface area contributed by atoms with Crippen molar-refractivity contribution >= 4 is 10.0 Å². The highest BCUT2D eigenvalue weighted by Crippen LogP contribution is 2.29. The number of hydrazine groups is 1. The van der Waals surface area contributed by atoms with E-state index in [1.165, 1.54) is 6.20 Å². The van der Waals surface area contributed by atoms with Crippen molar-refractivity contribution in [3.63, 3.8) is 0 Å². The Bertz CT molecular complexity index is 326. The zero-order valence-electron chi connectivity index (χ0n) is 10.2. The molecule has 0 aromatic heterocycles. The maximum atomic E-state index is 11.2. The molecule has 0 aliphatic heterocycles. The molecule has 4 nitrogen and oxygen atoms in total. The minimum atomic E-state index is -3.34. The monoisotopic (exact) mass is 234 g/mol. The van der Waals surface area contributed by atoms with Gasteiger partial charge in [0.1, 0.15) is 0 Å². The standard InChI is InChI=1S/C10H22N2O2S/c1-6-7-9(10(2,3)4)8-12(11)15(5,13)14/h8H,6-7,11H2,1-5H3/b9-8+.